The van der Waals surface area contributed by atoms with Crippen molar-refractivity contribution in [1.29, 1.82) is 0 Å². The first-order chi connectivity index (χ1) is 8.97. The van der Waals surface area contributed by atoms with Crippen molar-refractivity contribution in [3.05, 3.63) is 23.4 Å². The molecule has 0 bridgehead atoms. The van der Waals surface area contributed by atoms with Crippen LogP contribution >= 0.6 is 0 Å². The molecular formula is C15H23N3O. The van der Waals surface area contributed by atoms with E-state index < -0.39 is 0 Å². The highest BCUT2D eigenvalue weighted by Gasteiger charge is 2.25. The average Bonchev–Trinajstić information content (AvgIpc) is 2.74. The number of anilines is 1. The molecule has 2 rings (SSSR count). The highest BCUT2D eigenvalue weighted by atomic mass is 16.1. The van der Waals surface area contributed by atoms with E-state index in [4.69, 9.17) is 5.73 Å². The van der Waals surface area contributed by atoms with Gasteiger partial charge in [-0.25, -0.2) is 4.98 Å². The summed E-state index contributed by atoms with van der Waals surface area (Å²) in [4.78, 5) is 16.5. The smallest absolute Gasteiger partial charge is 0.251 e. The van der Waals surface area contributed by atoms with E-state index in [9.17, 15) is 4.79 Å². The number of pyridine rings is 1. The highest BCUT2D eigenvalue weighted by Crippen LogP contribution is 2.25. The van der Waals surface area contributed by atoms with Gasteiger partial charge in [-0.3, -0.25) is 4.79 Å². The van der Waals surface area contributed by atoms with Gasteiger partial charge in [-0.05, 0) is 36.8 Å². The Balaban J connectivity index is 2.14. The monoisotopic (exact) mass is 261 g/mol. The lowest BCUT2D eigenvalue weighted by Crippen LogP contribution is -2.36. The van der Waals surface area contributed by atoms with Crippen LogP contribution in [0.15, 0.2) is 12.1 Å². The van der Waals surface area contributed by atoms with Gasteiger partial charge in [0.25, 0.3) is 5.91 Å². The fraction of sp³-hybridized carbons (Fsp3) is 0.600. The SMILES string of the molecule is CC(C)c1cc(C(=O)NC2CCCC2C)cc(N)n1. The molecule has 3 N–H and O–H groups in total. The summed E-state index contributed by atoms with van der Waals surface area (Å²) in [6, 6.07) is 3.79. The van der Waals surface area contributed by atoms with Gasteiger partial charge < -0.3 is 11.1 Å². The second-order valence-electron chi connectivity index (χ2n) is 5.85. The molecule has 4 nitrogen and oxygen atoms in total. The van der Waals surface area contributed by atoms with Gasteiger partial charge in [-0.15, -0.1) is 0 Å². The van der Waals surface area contributed by atoms with Gasteiger partial charge in [0.2, 0.25) is 0 Å². The second kappa shape index (κ2) is 5.59. The van der Waals surface area contributed by atoms with Crippen molar-refractivity contribution in [2.24, 2.45) is 5.92 Å². The minimum Gasteiger partial charge on any atom is -0.384 e. The van der Waals surface area contributed by atoms with E-state index in [0.29, 0.717) is 23.3 Å². The zero-order valence-corrected chi connectivity index (χ0v) is 11.9. The van der Waals surface area contributed by atoms with E-state index in [0.717, 1.165) is 12.1 Å². The Bertz CT molecular complexity index is 470. The number of nitrogens with zero attached hydrogens (tertiary/aromatic N) is 1. The predicted octanol–water partition coefficient (Wildman–Crippen LogP) is 2.71. The second-order valence-corrected chi connectivity index (χ2v) is 5.85. The number of hydrogen-bond acceptors (Lipinski definition) is 3. The molecule has 1 aromatic heterocycles. The summed E-state index contributed by atoms with van der Waals surface area (Å²) in [5.74, 6) is 1.21. The summed E-state index contributed by atoms with van der Waals surface area (Å²) < 4.78 is 0. The molecule has 0 radical (unpaired) electrons. The molecule has 19 heavy (non-hydrogen) atoms. The van der Waals surface area contributed by atoms with E-state index in [1.54, 1.807) is 6.07 Å². The molecule has 4 heteroatoms. The summed E-state index contributed by atoms with van der Waals surface area (Å²) >= 11 is 0. The summed E-state index contributed by atoms with van der Waals surface area (Å²) in [6.45, 7) is 6.28. The third-order valence-electron chi connectivity index (χ3n) is 3.90. The molecule has 1 aromatic rings. The van der Waals surface area contributed by atoms with E-state index in [1.165, 1.54) is 12.8 Å². The molecular weight excluding hydrogens is 238 g/mol. The number of carbonyl (C=O) groups is 1. The molecule has 1 heterocycles. The molecule has 2 atom stereocenters. The van der Waals surface area contributed by atoms with Crippen LogP contribution in [-0.4, -0.2) is 16.9 Å². The van der Waals surface area contributed by atoms with Gasteiger partial charge in [-0.1, -0.05) is 27.2 Å². The van der Waals surface area contributed by atoms with Crippen LogP contribution in [0.1, 0.15) is 62.0 Å². The Morgan fingerprint density at radius 2 is 2.16 bits per heavy atom. The van der Waals surface area contributed by atoms with Gasteiger partial charge in [0, 0.05) is 17.3 Å². The van der Waals surface area contributed by atoms with Gasteiger partial charge >= 0.3 is 0 Å². The molecule has 1 aliphatic carbocycles. The van der Waals surface area contributed by atoms with Crippen LogP contribution in [0.3, 0.4) is 0 Å². The van der Waals surface area contributed by atoms with Crippen LogP contribution in [0.25, 0.3) is 0 Å². The molecule has 0 spiro atoms. The minimum atomic E-state index is -0.0326. The first-order valence-electron chi connectivity index (χ1n) is 7.05. The zero-order valence-electron chi connectivity index (χ0n) is 11.9. The number of nitrogen functional groups attached to an aromatic ring is 1. The van der Waals surface area contributed by atoms with Crippen LogP contribution in [-0.2, 0) is 0 Å². The molecule has 1 saturated carbocycles. The quantitative estimate of drug-likeness (QED) is 0.879. The number of rotatable bonds is 3. The summed E-state index contributed by atoms with van der Waals surface area (Å²) in [5.41, 5.74) is 7.27. The number of nitrogens with two attached hydrogens (primary N) is 1. The highest BCUT2D eigenvalue weighted by molar-refractivity contribution is 5.95. The first-order valence-corrected chi connectivity index (χ1v) is 7.05. The normalized spacial score (nSPS) is 22.7. The third kappa shape index (κ3) is 3.25. The van der Waals surface area contributed by atoms with Crippen LogP contribution in [0, 0.1) is 5.92 Å². The van der Waals surface area contributed by atoms with Crippen LogP contribution < -0.4 is 11.1 Å². The topological polar surface area (TPSA) is 68.0 Å². The maximum atomic E-state index is 12.3. The van der Waals surface area contributed by atoms with Gasteiger partial charge in [0.15, 0.2) is 0 Å². The summed E-state index contributed by atoms with van der Waals surface area (Å²) in [6.07, 6.45) is 3.47. The number of amides is 1. The van der Waals surface area contributed by atoms with Crippen LogP contribution in [0.5, 0.6) is 0 Å². The van der Waals surface area contributed by atoms with Crippen molar-refractivity contribution in [2.75, 3.05) is 5.73 Å². The van der Waals surface area contributed by atoms with Crippen molar-refractivity contribution in [2.45, 2.75) is 52.0 Å². The summed E-state index contributed by atoms with van der Waals surface area (Å²) in [7, 11) is 0. The van der Waals surface area contributed by atoms with Crippen molar-refractivity contribution in [1.82, 2.24) is 10.3 Å². The van der Waals surface area contributed by atoms with Gasteiger partial charge in [0.05, 0.1) is 0 Å². The molecule has 1 aliphatic rings. The van der Waals surface area contributed by atoms with Crippen molar-refractivity contribution in [3.8, 4) is 0 Å². The standard InChI is InChI=1S/C15H23N3O/c1-9(2)13-7-11(8-14(16)17-13)15(19)18-12-6-4-5-10(12)3/h7-10,12H,4-6H2,1-3H3,(H2,16,17)(H,18,19). The molecule has 1 amide bonds. The largest absolute Gasteiger partial charge is 0.384 e. The Labute approximate surface area is 114 Å². The van der Waals surface area contributed by atoms with E-state index in [-0.39, 0.29) is 11.8 Å². The van der Waals surface area contributed by atoms with E-state index in [1.807, 2.05) is 19.9 Å². The van der Waals surface area contributed by atoms with E-state index >= 15 is 0 Å². The predicted molar refractivity (Wildman–Crippen MR) is 77.0 cm³/mol. The van der Waals surface area contributed by atoms with Crippen molar-refractivity contribution < 1.29 is 4.79 Å². The lowest BCUT2D eigenvalue weighted by Gasteiger charge is -2.18. The first kappa shape index (κ1) is 13.8. The summed E-state index contributed by atoms with van der Waals surface area (Å²) in [5, 5.41) is 3.12. The molecule has 0 aromatic carbocycles. The van der Waals surface area contributed by atoms with Gasteiger partial charge in [-0.2, -0.15) is 0 Å². The maximum Gasteiger partial charge on any atom is 0.251 e. The van der Waals surface area contributed by atoms with E-state index in [2.05, 4.69) is 17.2 Å². The Morgan fingerprint density at radius 3 is 2.74 bits per heavy atom. The molecule has 1 fully saturated rings. The fourth-order valence-corrected chi connectivity index (χ4v) is 2.61. The number of nitrogens with one attached hydrogen (secondary N) is 1. The molecule has 104 valence electrons. The Morgan fingerprint density at radius 1 is 1.42 bits per heavy atom. The van der Waals surface area contributed by atoms with Crippen LogP contribution in [0.2, 0.25) is 0 Å². The zero-order chi connectivity index (χ0) is 14.0. The fourth-order valence-electron chi connectivity index (χ4n) is 2.61. The van der Waals surface area contributed by atoms with Crippen molar-refractivity contribution in [3.63, 3.8) is 0 Å². The van der Waals surface area contributed by atoms with Gasteiger partial charge in [0.1, 0.15) is 5.82 Å². The maximum absolute atomic E-state index is 12.3. The Kier molecular flexibility index (Phi) is 4.08. The lowest BCUT2D eigenvalue weighted by molar-refractivity contribution is 0.0929. The van der Waals surface area contributed by atoms with Crippen molar-refractivity contribution >= 4 is 11.7 Å². The molecule has 0 saturated heterocycles. The lowest BCUT2D eigenvalue weighted by atomic mass is 10.0. The van der Waals surface area contributed by atoms with Crippen LogP contribution in [0.4, 0.5) is 5.82 Å². The Hall–Kier alpha value is -1.58. The molecule has 0 aliphatic heterocycles. The number of hydrogen-bond donors (Lipinski definition) is 2. The average molecular weight is 261 g/mol. The third-order valence-corrected chi connectivity index (χ3v) is 3.90. The molecule has 2 unspecified atom stereocenters. The minimum absolute atomic E-state index is 0.0326. The number of carbonyl (C=O) groups excluding carboxylic acids is 1. The number of aromatic nitrogens is 1.